The lowest BCUT2D eigenvalue weighted by molar-refractivity contribution is 0.0916. The van der Waals surface area contributed by atoms with E-state index in [0.29, 0.717) is 5.89 Å². The van der Waals surface area contributed by atoms with Crippen LogP contribution in [0.3, 0.4) is 0 Å². The van der Waals surface area contributed by atoms with Gasteiger partial charge in [-0.2, -0.15) is 4.98 Å². The second kappa shape index (κ2) is 7.15. The fraction of sp³-hybridized carbons (Fsp3) is 0.857. The molecule has 0 saturated carbocycles. The SMILES string of the molecule is Cc1nc(CN(C)CC2CCN(C[C@H](C)O)CC2)no1. The van der Waals surface area contributed by atoms with Crippen LogP contribution in [0, 0.1) is 12.8 Å². The first-order chi connectivity index (χ1) is 9.52. The monoisotopic (exact) mass is 282 g/mol. The molecule has 1 aromatic rings. The summed E-state index contributed by atoms with van der Waals surface area (Å²) in [6.07, 6.45) is 2.17. The normalized spacial score (nSPS) is 19.6. The first kappa shape index (κ1) is 15.4. The number of hydrogen-bond acceptors (Lipinski definition) is 6. The van der Waals surface area contributed by atoms with E-state index in [-0.39, 0.29) is 6.10 Å². The van der Waals surface area contributed by atoms with E-state index in [2.05, 4.69) is 27.0 Å². The lowest BCUT2D eigenvalue weighted by atomic mass is 9.96. The van der Waals surface area contributed by atoms with Crippen molar-refractivity contribution in [1.29, 1.82) is 0 Å². The molecule has 1 aliphatic heterocycles. The zero-order valence-corrected chi connectivity index (χ0v) is 12.7. The van der Waals surface area contributed by atoms with Gasteiger partial charge in [-0.15, -0.1) is 0 Å². The number of rotatable bonds is 6. The summed E-state index contributed by atoms with van der Waals surface area (Å²) in [7, 11) is 2.11. The number of nitrogens with zero attached hydrogens (tertiary/aromatic N) is 4. The molecule has 0 bridgehead atoms. The highest BCUT2D eigenvalue weighted by molar-refractivity contribution is 4.84. The summed E-state index contributed by atoms with van der Waals surface area (Å²) < 4.78 is 4.99. The number of likely N-dealkylation sites (tertiary alicyclic amines) is 1. The zero-order chi connectivity index (χ0) is 14.5. The molecular formula is C14H26N4O2. The number of piperidine rings is 1. The van der Waals surface area contributed by atoms with Crippen LogP contribution in [-0.4, -0.2) is 64.4 Å². The van der Waals surface area contributed by atoms with E-state index in [4.69, 9.17) is 4.52 Å². The van der Waals surface area contributed by atoms with Gasteiger partial charge in [0.2, 0.25) is 5.89 Å². The molecule has 1 fully saturated rings. The van der Waals surface area contributed by atoms with Gasteiger partial charge in [0, 0.05) is 20.0 Å². The first-order valence-corrected chi connectivity index (χ1v) is 7.41. The average Bonchev–Trinajstić information content (AvgIpc) is 2.76. The van der Waals surface area contributed by atoms with Crippen molar-refractivity contribution in [3.63, 3.8) is 0 Å². The van der Waals surface area contributed by atoms with Gasteiger partial charge in [-0.3, -0.25) is 4.90 Å². The molecule has 6 nitrogen and oxygen atoms in total. The number of aryl methyl sites for hydroxylation is 1. The average molecular weight is 282 g/mol. The predicted octanol–water partition coefficient (Wildman–Crippen LogP) is 0.903. The summed E-state index contributed by atoms with van der Waals surface area (Å²) in [5.41, 5.74) is 0. The van der Waals surface area contributed by atoms with Crippen molar-refractivity contribution in [2.75, 3.05) is 33.2 Å². The Labute approximate surface area is 120 Å². The van der Waals surface area contributed by atoms with Crippen LogP contribution in [-0.2, 0) is 6.54 Å². The molecule has 0 amide bonds. The number of β-amino-alcohol motifs (C(OH)–C–C–N with tert-alkyl or cyclic N) is 1. The molecule has 114 valence electrons. The van der Waals surface area contributed by atoms with Crippen molar-refractivity contribution < 1.29 is 9.63 Å². The van der Waals surface area contributed by atoms with E-state index < -0.39 is 0 Å². The van der Waals surface area contributed by atoms with E-state index >= 15 is 0 Å². The topological polar surface area (TPSA) is 65.6 Å². The Balaban J connectivity index is 1.69. The predicted molar refractivity (Wildman–Crippen MR) is 76.2 cm³/mol. The Morgan fingerprint density at radius 2 is 2.15 bits per heavy atom. The van der Waals surface area contributed by atoms with Gasteiger partial charge >= 0.3 is 0 Å². The first-order valence-electron chi connectivity index (χ1n) is 7.41. The van der Waals surface area contributed by atoms with E-state index in [0.717, 1.165) is 44.5 Å². The van der Waals surface area contributed by atoms with E-state index in [1.807, 2.05) is 13.8 Å². The summed E-state index contributed by atoms with van der Waals surface area (Å²) in [5.74, 6) is 2.11. The van der Waals surface area contributed by atoms with Crippen LogP contribution in [0.15, 0.2) is 4.52 Å². The maximum atomic E-state index is 9.41. The van der Waals surface area contributed by atoms with Crippen LogP contribution < -0.4 is 0 Å². The van der Waals surface area contributed by atoms with E-state index in [9.17, 15) is 5.11 Å². The van der Waals surface area contributed by atoms with Crippen molar-refractivity contribution in [3.05, 3.63) is 11.7 Å². The molecule has 0 radical (unpaired) electrons. The summed E-state index contributed by atoms with van der Waals surface area (Å²) in [6.45, 7) is 8.45. The number of aliphatic hydroxyl groups excluding tert-OH is 1. The van der Waals surface area contributed by atoms with Crippen molar-refractivity contribution in [2.45, 2.75) is 39.3 Å². The van der Waals surface area contributed by atoms with Crippen LogP contribution >= 0.6 is 0 Å². The van der Waals surface area contributed by atoms with Gasteiger partial charge in [0.15, 0.2) is 5.82 Å². The molecule has 20 heavy (non-hydrogen) atoms. The third-order valence-electron chi connectivity index (χ3n) is 3.78. The van der Waals surface area contributed by atoms with Gasteiger partial charge in [0.1, 0.15) is 0 Å². The Kier molecular flexibility index (Phi) is 5.51. The van der Waals surface area contributed by atoms with Crippen LogP contribution in [0.2, 0.25) is 0 Å². The van der Waals surface area contributed by atoms with E-state index in [1.165, 1.54) is 12.8 Å². The smallest absolute Gasteiger partial charge is 0.223 e. The minimum absolute atomic E-state index is 0.226. The van der Waals surface area contributed by atoms with Gasteiger partial charge in [-0.25, -0.2) is 0 Å². The minimum Gasteiger partial charge on any atom is -0.392 e. The molecule has 0 spiro atoms. The molecule has 1 atom stereocenters. The molecule has 0 aliphatic carbocycles. The summed E-state index contributed by atoms with van der Waals surface area (Å²) in [4.78, 5) is 8.85. The van der Waals surface area contributed by atoms with Gasteiger partial charge in [-0.1, -0.05) is 5.16 Å². The van der Waals surface area contributed by atoms with Crippen LogP contribution in [0.1, 0.15) is 31.5 Å². The summed E-state index contributed by atoms with van der Waals surface area (Å²) >= 11 is 0. The molecule has 2 rings (SSSR count). The van der Waals surface area contributed by atoms with Crippen LogP contribution in [0.4, 0.5) is 0 Å². The van der Waals surface area contributed by atoms with Crippen LogP contribution in [0.5, 0.6) is 0 Å². The molecule has 1 aliphatic rings. The van der Waals surface area contributed by atoms with Crippen molar-refractivity contribution in [3.8, 4) is 0 Å². The van der Waals surface area contributed by atoms with Gasteiger partial charge in [0.25, 0.3) is 0 Å². The quantitative estimate of drug-likeness (QED) is 0.836. The van der Waals surface area contributed by atoms with Gasteiger partial charge in [0.05, 0.1) is 12.6 Å². The highest BCUT2D eigenvalue weighted by atomic mass is 16.5. The lowest BCUT2D eigenvalue weighted by Gasteiger charge is -2.34. The number of hydrogen-bond donors (Lipinski definition) is 1. The fourth-order valence-electron chi connectivity index (χ4n) is 2.88. The van der Waals surface area contributed by atoms with Crippen LogP contribution in [0.25, 0.3) is 0 Å². The zero-order valence-electron chi connectivity index (χ0n) is 12.7. The third-order valence-corrected chi connectivity index (χ3v) is 3.78. The second-order valence-corrected chi connectivity index (χ2v) is 6.02. The highest BCUT2D eigenvalue weighted by Crippen LogP contribution is 2.18. The Bertz CT molecular complexity index is 400. The maximum Gasteiger partial charge on any atom is 0.223 e. The molecule has 0 aromatic carbocycles. The standard InChI is InChI=1S/C14H26N4O2/c1-11(19)8-18-6-4-13(5-7-18)9-17(3)10-14-15-12(2)20-16-14/h11,13,19H,4-10H2,1-3H3/t11-/m0/s1. The largest absolute Gasteiger partial charge is 0.392 e. The van der Waals surface area contributed by atoms with Gasteiger partial charge in [-0.05, 0) is 45.8 Å². The summed E-state index contributed by atoms with van der Waals surface area (Å²) in [6, 6.07) is 0. The highest BCUT2D eigenvalue weighted by Gasteiger charge is 2.21. The van der Waals surface area contributed by atoms with Gasteiger partial charge < -0.3 is 14.5 Å². The summed E-state index contributed by atoms with van der Waals surface area (Å²) in [5, 5.41) is 13.3. The minimum atomic E-state index is -0.226. The molecule has 0 unspecified atom stereocenters. The fourth-order valence-corrected chi connectivity index (χ4v) is 2.88. The van der Waals surface area contributed by atoms with Crippen molar-refractivity contribution in [1.82, 2.24) is 19.9 Å². The Morgan fingerprint density at radius 3 is 2.70 bits per heavy atom. The number of aliphatic hydroxyl groups is 1. The van der Waals surface area contributed by atoms with Crippen molar-refractivity contribution in [2.24, 2.45) is 5.92 Å². The molecule has 1 N–H and O–H groups in total. The molecule has 1 aromatic heterocycles. The second-order valence-electron chi connectivity index (χ2n) is 6.02. The van der Waals surface area contributed by atoms with E-state index in [1.54, 1.807) is 0 Å². The molecule has 2 heterocycles. The number of aromatic nitrogens is 2. The third kappa shape index (κ3) is 4.85. The Morgan fingerprint density at radius 1 is 1.45 bits per heavy atom. The molecule has 1 saturated heterocycles. The lowest BCUT2D eigenvalue weighted by Crippen LogP contribution is -2.40. The molecular weight excluding hydrogens is 256 g/mol. The molecule has 6 heteroatoms. The maximum absolute atomic E-state index is 9.41. The Hall–Kier alpha value is -0.980. The van der Waals surface area contributed by atoms with Crippen molar-refractivity contribution >= 4 is 0 Å².